The monoisotopic (exact) mass is 317 g/mol. The number of amides is 2. The van der Waals surface area contributed by atoms with Crippen LogP contribution >= 0.6 is 0 Å². The first-order valence-electron chi connectivity index (χ1n) is 8.48. The number of nitrogens with zero attached hydrogens (tertiary/aromatic N) is 1. The first kappa shape index (κ1) is 14.9. The molecule has 24 heavy (non-hydrogen) atoms. The highest BCUT2D eigenvalue weighted by Gasteiger charge is 2.39. The molecule has 1 heterocycles. The molecule has 0 radical (unpaired) electrons. The highest BCUT2D eigenvalue weighted by molar-refractivity contribution is 6.33. The van der Waals surface area contributed by atoms with E-state index in [1.165, 1.54) is 16.0 Å². The molecule has 0 unspecified atom stereocenters. The van der Waals surface area contributed by atoms with E-state index in [9.17, 15) is 9.59 Å². The fourth-order valence-corrected chi connectivity index (χ4v) is 3.57. The second kappa shape index (κ2) is 6.08. The van der Waals surface area contributed by atoms with Crippen molar-refractivity contribution in [1.82, 2.24) is 0 Å². The average molecular weight is 317 g/mol. The summed E-state index contributed by atoms with van der Waals surface area (Å²) in [4.78, 5) is 26.5. The number of anilines is 1. The molecule has 120 valence electrons. The Morgan fingerprint density at radius 3 is 1.83 bits per heavy atom. The van der Waals surface area contributed by atoms with Crippen LogP contribution < -0.4 is 4.90 Å². The van der Waals surface area contributed by atoms with E-state index in [-0.39, 0.29) is 11.8 Å². The molecule has 2 aromatic rings. The van der Waals surface area contributed by atoms with E-state index in [1.54, 1.807) is 0 Å². The third-order valence-electron chi connectivity index (χ3n) is 4.84. The minimum absolute atomic E-state index is 0.120. The Kier molecular flexibility index (Phi) is 3.77. The number of hydrogen-bond donors (Lipinski definition) is 0. The van der Waals surface area contributed by atoms with Crippen molar-refractivity contribution in [3.8, 4) is 0 Å². The lowest BCUT2D eigenvalue weighted by Gasteiger charge is -2.15. The van der Waals surface area contributed by atoms with Gasteiger partial charge in [0.25, 0.3) is 11.8 Å². The summed E-state index contributed by atoms with van der Waals surface area (Å²) in [6.45, 7) is 0. The van der Waals surface area contributed by atoms with E-state index in [1.807, 2.05) is 42.5 Å². The number of imide groups is 1. The number of carbonyl (C=O) groups is 2. The van der Waals surface area contributed by atoms with Crippen molar-refractivity contribution in [2.75, 3.05) is 4.90 Å². The molecule has 0 saturated heterocycles. The molecule has 4 rings (SSSR count). The first-order chi connectivity index (χ1) is 11.7. The average Bonchev–Trinajstić information content (AvgIpc) is 2.88. The lowest BCUT2D eigenvalue weighted by atomic mass is 9.93. The van der Waals surface area contributed by atoms with Crippen molar-refractivity contribution in [1.29, 1.82) is 0 Å². The van der Waals surface area contributed by atoms with E-state index in [4.69, 9.17) is 0 Å². The molecule has 3 nitrogen and oxygen atoms in total. The Hall–Kier alpha value is -2.68. The zero-order valence-corrected chi connectivity index (χ0v) is 13.5. The van der Waals surface area contributed by atoms with Crippen LogP contribution in [0.1, 0.15) is 36.8 Å². The molecule has 0 bridgehead atoms. The van der Waals surface area contributed by atoms with Crippen LogP contribution in [0.3, 0.4) is 0 Å². The van der Waals surface area contributed by atoms with Crippen LogP contribution in [0, 0.1) is 0 Å². The van der Waals surface area contributed by atoms with Crippen LogP contribution in [-0.4, -0.2) is 11.8 Å². The van der Waals surface area contributed by atoms with Crippen molar-refractivity contribution < 1.29 is 9.59 Å². The molecule has 0 N–H and O–H groups in total. The fraction of sp³-hybridized carbons (Fsp3) is 0.238. The summed E-state index contributed by atoms with van der Waals surface area (Å²) in [6.07, 6.45) is 4.33. The van der Waals surface area contributed by atoms with Gasteiger partial charge in [0, 0.05) is 11.1 Å². The Bertz CT molecular complexity index is 791. The summed E-state index contributed by atoms with van der Waals surface area (Å²) in [6, 6.07) is 18.0. The maximum atomic E-state index is 12.6. The SMILES string of the molecule is O=C1C2=C(CCCC2)C(=O)N1c1ccc(Cc2ccccc2)cc1. The maximum absolute atomic E-state index is 12.6. The highest BCUT2D eigenvalue weighted by Crippen LogP contribution is 2.35. The van der Waals surface area contributed by atoms with Crippen molar-refractivity contribution >= 4 is 17.5 Å². The second-order valence-electron chi connectivity index (χ2n) is 6.44. The van der Waals surface area contributed by atoms with Crippen molar-refractivity contribution in [3.05, 3.63) is 76.9 Å². The highest BCUT2D eigenvalue weighted by atomic mass is 16.2. The topological polar surface area (TPSA) is 37.4 Å². The minimum atomic E-state index is -0.120. The largest absolute Gasteiger partial charge is 0.269 e. The summed E-state index contributed by atoms with van der Waals surface area (Å²) >= 11 is 0. The molecule has 0 fully saturated rings. The Morgan fingerprint density at radius 2 is 1.25 bits per heavy atom. The van der Waals surface area contributed by atoms with E-state index in [0.717, 1.165) is 43.3 Å². The van der Waals surface area contributed by atoms with Gasteiger partial charge in [-0.05, 0) is 55.4 Å². The Labute approximate surface area is 141 Å². The zero-order valence-electron chi connectivity index (χ0n) is 13.5. The van der Waals surface area contributed by atoms with Crippen molar-refractivity contribution in [3.63, 3.8) is 0 Å². The third-order valence-corrected chi connectivity index (χ3v) is 4.84. The summed E-state index contributed by atoms with van der Waals surface area (Å²) < 4.78 is 0. The second-order valence-corrected chi connectivity index (χ2v) is 6.44. The lowest BCUT2D eigenvalue weighted by molar-refractivity contribution is -0.120. The molecule has 3 heteroatoms. The molecule has 0 saturated carbocycles. The fourth-order valence-electron chi connectivity index (χ4n) is 3.57. The van der Waals surface area contributed by atoms with Gasteiger partial charge >= 0.3 is 0 Å². The normalized spacial score (nSPS) is 17.4. The first-order valence-corrected chi connectivity index (χ1v) is 8.48. The van der Waals surface area contributed by atoms with Crippen LogP contribution in [-0.2, 0) is 16.0 Å². The molecular formula is C21H19NO2. The zero-order chi connectivity index (χ0) is 16.5. The number of hydrogen-bond acceptors (Lipinski definition) is 2. The molecule has 1 aliphatic heterocycles. The van der Waals surface area contributed by atoms with E-state index < -0.39 is 0 Å². The molecule has 2 amide bonds. The molecule has 2 aliphatic rings. The van der Waals surface area contributed by atoms with Crippen molar-refractivity contribution in [2.45, 2.75) is 32.1 Å². The predicted octanol–water partition coefficient (Wildman–Crippen LogP) is 4.02. The Morgan fingerprint density at radius 1 is 0.708 bits per heavy atom. The molecule has 0 spiro atoms. The maximum Gasteiger partial charge on any atom is 0.261 e. The van der Waals surface area contributed by atoms with Gasteiger partial charge in [0.1, 0.15) is 0 Å². The standard InChI is InChI=1S/C21H19NO2/c23-20-18-8-4-5-9-19(18)21(24)22(20)17-12-10-16(11-13-17)14-15-6-2-1-3-7-15/h1-3,6-7,10-13H,4-5,8-9,14H2. The van der Waals surface area contributed by atoms with E-state index in [0.29, 0.717) is 5.69 Å². The molecular weight excluding hydrogens is 298 g/mol. The quantitative estimate of drug-likeness (QED) is 0.802. The summed E-state index contributed by atoms with van der Waals surface area (Å²) in [5, 5.41) is 0. The van der Waals surface area contributed by atoms with Gasteiger partial charge in [-0.2, -0.15) is 0 Å². The van der Waals surface area contributed by atoms with Gasteiger partial charge in [-0.3, -0.25) is 9.59 Å². The number of rotatable bonds is 3. The lowest BCUT2D eigenvalue weighted by Crippen LogP contribution is -2.31. The molecule has 2 aromatic carbocycles. The number of carbonyl (C=O) groups excluding carboxylic acids is 2. The molecule has 0 aromatic heterocycles. The van der Waals surface area contributed by atoms with Crippen LogP contribution in [0.5, 0.6) is 0 Å². The van der Waals surface area contributed by atoms with Gasteiger partial charge < -0.3 is 0 Å². The van der Waals surface area contributed by atoms with Gasteiger partial charge in [0.15, 0.2) is 0 Å². The van der Waals surface area contributed by atoms with E-state index >= 15 is 0 Å². The van der Waals surface area contributed by atoms with Gasteiger partial charge in [0.2, 0.25) is 0 Å². The molecule has 1 aliphatic carbocycles. The van der Waals surface area contributed by atoms with Gasteiger partial charge in [-0.1, -0.05) is 42.5 Å². The third kappa shape index (κ3) is 2.56. The van der Waals surface area contributed by atoms with Crippen LogP contribution in [0.4, 0.5) is 5.69 Å². The van der Waals surface area contributed by atoms with Gasteiger partial charge in [-0.25, -0.2) is 4.90 Å². The van der Waals surface area contributed by atoms with Crippen LogP contribution in [0.25, 0.3) is 0 Å². The van der Waals surface area contributed by atoms with Crippen LogP contribution in [0.2, 0.25) is 0 Å². The van der Waals surface area contributed by atoms with Crippen LogP contribution in [0.15, 0.2) is 65.7 Å². The molecule has 0 atom stereocenters. The van der Waals surface area contributed by atoms with Gasteiger partial charge in [-0.15, -0.1) is 0 Å². The Balaban J connectivity index is 1.55. The predicted molar refractivity (Wildman–Crippen MR) is 93.7 cm³/mol. The minimum Gasteiger partial charge on any atom is -0.269 e. The summed E-state index contributed by atoms with van der Waals surface area (Å²) in [5.41, 5.74) is 4.56. The van der Waals surface area contributed by atoms with Gasteiger partial charge in [0.05, 0.1) is 5.69 Å². The van der Waals surface area contributed by atoms with Crippen molar-refractivity contribution in [2.24, 2.45) is 0 Å². The number of benzene rings is 2. The summed E-state index contributed by atoms with van der Waals surface area (Å²) in [7, 11) is 0. The summed E-state index contributed by atoms with van der Waals surface area (Å²) in [5.74, 6) is -0.240. The smallest absolute Gasteiger partial charge is 0.261 e. The van der Waals surface area contributed by atoms with E-state index in [2.05, 4.69) is 12.1 Å².